The molecule has 5 nitrogen and oxygen atoms in total. The number of alkyl halides is 2. The van der Waals surface area contributed by atoms with E-state index in [0.29, 0.717) is 11.3 Å². The van der Waals surface area contributed by atoms with Crippen molar-refractivity contribution < 1.29 is 23.1 Å². The zero-order valence-corrected chi connectivity index (χ0v) is 14.6. The first kappa shape index (κ1) is 18.8. The van der Waals surface area contributed by atoms with Crippen LogP contribution < -0.4 is 15.4 Å². The molecule has 0 radical (unpaired) electrons. The van der Waals surface area contributed by atoms with Gasteiger partial charge in [0.05, 0.1) is 16.8 Å². The normalized spacial score (nSPS) is 14.2. The third-order valence-corrected chi connectivity index (χ3v) is 4.46. The van der Waals surface area contributed by atoms with Gasteiger partial charge in [0, 0.05) is 6.04 Å². The maximum Gasteiger partial charge on any atom is 0.387 e. The van der Waals surface area contributed by atoms with Gasteiger partial charge >= 0.3 is 6.61 Å². The maximum absolute atomic E-state index is 12.6. The van der Waals surface area contributed by atoms with Gasteiger partial charge in [-0.1, -0.05) is 37.1 Å². The van der Waals surface area contributed by atoms with Crippen LogP contribution in [0.25, 0.3) is 0 Å². The van der Waals surface area contributed by atoms with Crippen molar-refractivity contribution in [2.24, 2.45) is 0 Å². The fourth-order valence-corrected chi connectivity index (χ4v) is 3.17. The van der Waals surface area contributed by atoms with E-state index in [2.05, 4.69) is 15.4 Å². The number of nitrogens with one attached hydrogen (secondary N) is 2. The number of carbonyl (C=O) groups is 2. The smallest absolute Gasteiger partial charge is 0.387 e. The van der Waals surface area contributed by atoms with Crippen LogP contribution in [0.2, 0.25) is 0 Å². The van der Waals surface area contributed by atoms with E-state index >= 15 is 0 Å². The monoisotopic (exact) mass is 374 g/mol. The molecule has 0 aliphatic heterocycles. The molecule has 2 aromatic carbocycles. The highest BCUT2D eigenvalue weighted by atomic mass is 19.3. The molecule has 2 N–H and O–H groups in total. The van der Waals surface area contributed by atoms with Gasteiger partial charge in [0.15, 0.2) is 0 Å². The van der Waals surface area contributed by atoms with Crippen LogP contribution in [-0.2, 0) is 0 Å². The zero-order chi connectivity index (χ0) is 19.2. The zero-order valence-electron chi connectivity index (χ0n) is 14.6. The topological polar surface area (TPSA) is 67.4 Å². The summed E-state index contributed by atoms with van der Waals surface area (Å²) >= 11 is 0. The predicted octanol–water partition coefficient (Wildman–Crippen LogP) is 4.21. The minimum absolute atomic E-state index is 0.0381. The number of halogens is 2. The fourth-order valence-electron chi connectivity index (χ4n) is 3.17. The lowest BCUT2D eigenvalue weighted by Gasteiger charge is -2.15. The van der Waals surface area contributed by atoms with Crippen molar-refractivity contribution in [1.29, 1.82) is 0 Å². The van der Waals surface area contributed by atoms with Crippen LogP contribution in [0.5, 0.6) is 5.75 Å². The molecule has 1 saturated carbocycles. The molecule has 1 aliphatic rings. The molecule has 0 unspecified atom stereocenters. The highest BCUT2D eigenvalue weighted by Gasteiger charge is 2.21. The van der Waals surface area contributed by atoms with Gasteiger partial charge in [0.1, 0.15) is 5.75 Å². The first-order valence-corrected chi connectivity index (χ1v) is 8.79. The van der Waals surface area contributed by atoms with Crippen LogP contribution in [-0.4, -0.2) is 24.5 Å². The minimum atomic E-state index is -3.04. The van der Waals surface area contributed by atoms with Crippen molar-refractivity contribution in [3.05, 3.63) is 59.7 Å². The summed E-state index contributed by atoms with van der Waals surface area (Å²) in [6, 6.07) is 12.5. The molecule has 0 heterocycles. The van der Waals surface area contributed by atoms with Gasteiger partial charge in [-0.25, -0.2) is 0 Å². The summed E-state index contributed by atoms with van der Waals surface area (Å²) in [6.45, 7) is -3.04. The Balaban J connectivity index is 1.78. The maximum atomic E-state index is 12.6. The Kier molecular flexibility index (Phi) is 6.01. The molecule has 3 rings (SSSR count). The van der Waals surface area contributed by atoms with Crippen molar-refractivity contribution >= 4 is 17.5 Å². The number of amides is 2. The van der Waals surface area contributed by atoms with E-state index in [0.717, 1.165) is 25.7 Å². The molecule has 0 saturated heterocycles. The third kappa shape index (κ3) is 4.81. The van der Waals surface area contributed by atoms with E-state index in [1.165, 1.54) is 18.2 Å². The van der Waals surface area contributed by atoms with Crippen molar-refractivity contribution in [3.63, 3.8) is 0 Å². The Labute approximate surface area is 155 Å². The van der Waals surface area contributed by atoms with Crippen LogP contribution in [0.15, 0.2) is 48.5 Å². The Hall–Kier alpha value is -2.96. The van der Waals surface area contributed by atoms with Crippen LogP contribution in [0.1, 0.15) is 46.4 Å². The number of rotatable bonds is 6. The van der Waals surface area contributed by atoms with Crippen molar-refractivity contribution in [2.45, 2.75) is 38.3 Å². The van der Waals surface area contributed by atoms with E-state index in [9.17, 15) is 18.4 Å². The van der Waals surface area contributed by atoms with E-state index < -0.39 is 12.5 Å². The number of benzene rings is 2. The SMILES string of the molecule is O=C(NC1CCCC1)c1ccccc1NC(=O)c1ccccc1OC(F)F. The average molecular weight is 374 g/mol. The Morgan fingerprint density at radius 1 is 0.926 bits per heavy atom. The summed E-state index contributed by atoms with van der Waals surface area (Å²) in [5.41, 5.74) is 0.596. The largest absolute Gasteiger partial charge is 0.434 e. The van der Waals surface area contributed by atoms with E-state index in [4.69, 9.17) is 0 Å². The molecule has 0 spiro atoms. The quantitative estimate of drug-likeness (QED) is 0.796. The number of hydrogen-bond donors (Lipinski definition) is 2. The van der Waals surface area contributed by atoms with Crippen LogP contribution in [0, 0.1) is 0 Å². The summed E-state index contributed by atoms with van der Waals surface area (Å²) in [4.78, 5) is 25.1. The lowest BCUT2D eigenvalue weighted by atomic mass is 10.1. The molecule has 2 aromatic rings. The lowest BCUT2D eigenvalue weighted by molar-refractivity contribution is -0.0501. The second-order valence-corrected chi connectivity index (χ2v) is 6.33. The van der Waals surface area contributed by atoms with Gasteiger partial charge < -0.3 is 15.4 Å². The van der Waals surface area contributed by atoms with E-state index in [-0.39, 0.29) is 23.3 Å². The summed E-state index contributed by atoms with van der Waals surface area (Å²) in [5.74, 6) is -1.12. The van der Waals surface area contributed by atoms with Gasteiger partial charge in [0.2, 0.25) is 0 Å². The third-order valence-electron chi connectivity index (χ3n) is 4.46. The summed E-state index contributed by atoms with van der Waals surface area (Å²) < 4.78 is 29.5. The van der Waals surface area contributed by atoms with E-state index in [1.807, 2.05) is 0 Å². The first-order chi connectivity index (χ1) is 13.0. The average Bonchev–Trinajstić information content (AvgIpc) is 3.15. The van der Waals surface area contributed by atoms with Gasteiger partial charge in [-0.05, 0) is 37.1 Å². The second kappa shape index (κ2) is 8.62. The highest BCUT2D eigenvalue weighted by Crippen LogP contribution is 2.24. The molecule has 1 fully saturated rings. The Morgan fingerprint density at radius 3 is 2.26 bits per heavy atom. The molecule has 142 valence electrons. The number of para-hydroxylation sites is 2. The number of ether oxygens (including phenoxy) is 1. The molecule has 27 heavy (non-hydrogen) atoms. The summed E-state index contributed by atoms with van der Waals surface area (Å²) in [6.07, 6.45) is 4.06. The Bertz CT molecular complexity index is 820. The molecular weight excluding hydrogens is 354 g/mol. The minimum Gasteiger partial charge on any atom is -0.434 e. The number of hydrogen-bond acceptors (Lipinski definition) is 3. The molecule has 2 amide bonds. The van der Waals surface area contributed by atoms with Crippen molar-refractivity contribution in [2.75, 3.05) is 5.32 Å². The predicted molar refractivity (Wildman–Crippen MR) is 97.2 cm³/mol. The number of anilines is 1. The van der Waals surface area contributed by atoms with Gasteiger partial charge in [0.25, 0.3) is 11.8 Å². The number of carbonyl (C=O) groups excluding carboxylic acids is 2. The van der Waals surface area contributed by atoms with Gasteiger partial charge in [-0.15, -0.1) is 0 Å². The summed E-state index contributed by atoms with van der Waals surface area (Å²) in [5, 5.41) is 5.59. The second-order valence-electron chi connectivity index (χ2n) is 6.33. The molecule has 0 aromatic heterocycles. The fraction of sp³-hybridized carbons (Fsp3) is 0.300. The standard InChI is InChI=1S/C20H20F2N2O3/c21-20(22)27-17-12-6-4-10-15(17)19(26)24-16-11-5-3-9-14(16)18(25)23-13-7-1-2-8-13/h3-6,9-13,20H,1-2,7-8H2,(H,23,25)(H,24,26). The van der Waals surface area contributed by atoms with Gasteiger partial charge in [-0.3, -0.25) is 9.59 Å². The van der Waals surface area contributed by atoms with Crippen molar-refractivity contribution in [3.8, 4) is 5.75 Å². The summed E-state index contributed by atoms with van der Waals surface area (Å²) in [7, 11) is 0. The van der Waals surface area contributed by atoms with Crippen LogP contribution in [0.3, 0.4) is 0 Å². The molecular formula is C20H20F2N2O3. The van der Waals surface area contributed by atoms with Crippen molar-refractivity contribution in [1.82, 2.24) is 5.32 Å². The Morgan fingerprint density at radius 2 is 1.56 bits per heavy atom. The molecule has 1 aliphatic carbocycles. The first-order valence-electron chi connectivity index (χ1n) is 8.79. The molecule has 7 heteroatoms. The van der Waals surface area contributed by atoms with Crippen LogP contribution in [0.4, 0.5) is 14.5 Å². The van der Waals surface area contributed by atoms with E-state index in [1.54, 1.807) is 30.3 Å². The highest BCUT2D eigenvalue weighted by molar-refractivity contribution is 6.10. The molecule has 0 atom stereocenters. The van der Waals surface area contributed by atoms with Gasteiger partial charge in [-0.2, -0.15) is 8.78 Å². The van der Waals surface area contributed by atoms with Crippen LogP contribution >= 0.6 is 0 Å². The molecule has 0 bridgehead atoms. The lowest BCUT2D eigenvalue weighted by Crippen LogP contribution is -2.33.